The highest BCUT2D eigenvalue weighted by atomic mass is 32.1. The lowest BCUT2D eigenvalue weighted by atomic mass is 9.79. The first-order valence-corrected chi connectivity index (χ1v) is 11.4. The number of benzene rings is 1. The Morgan fingerprint density at radius 3 is 2.89 bits per heavy atom. The highest BCUT2D eigenvalue weighted by molar-refractivity contribution is 7.09. The van der Waals surface area contributed by atoms with Gasteiger partial charge < -0.3 is 4.90 Å². The van der Waals surface area contributed by atoms with E-state index in [0.717, 1.165) is 44.7 Å². The maximum Gasteiger partial charge on any atom is 0.222 e. The average molecular weight is 398 g/mol. The molecule has 0 aliphatic carbocycles. The van der Waals surface area contributed by atoms with Crippen molar-refractivity contribution in [2.24, 2.45) is 5.41 Å². The fourth-order valence-corrected chi connectivity index (χ4v) is 5.72. The fraction of sp³-hybridized carbons (Fsp3) is 0.565. The lowest BCUT2D eigenvalue weighted by molar-refractivity contribution is -0.130. The molecule has 0 radical (unpaired) electrons. The van der Waals surface area contributed by atoms with Gasteiger partial charge in [0.1, 0.15) is 0 Å². The minimum Gasteiger partial charge on any atom is -0.342 e. The number of thiazole rings is 1. The van der Waals surface area contributed by atoms with E-state index < -0.39 is 0 Å². The monoisotopic (exact) mass is 397 g/mol. The summed E-state index contributed by atoms with van der Waals surface area (Å²) in [6.45, 7) is 9.40. The number of hydrogen-bond acceptors (Lipinski definition) is 4. The SMILES string of the molecule is Cc1cccc(CN2CCC[C@@]3(CCN(C(=O)CCc4scnc4C)C3)C2)c1. The second-order valence-electron chi connectivity index (χ2n) is 8.73. The normalized spacial score (nSPS) is 22.9. The molecule has 2 aliphatic rings. The Balaban J connectivity index is 1.32. The fourth-order valence-electron chi connectivity index (χ4n) is 4.94. The van der Waals surface area contributed by atoms with Crippen molar-refractivity contribution in [3.05, 3.63) is 51.5 Å². The van der Waals surface area contributed by atoms with Gasteiger partial charge in [0.05, 0.1) is 11.2 Å². The summed E-state index contributed by atoms with van der Waals surface area (Å²) in [6.07, 6.45) is 5.11. The molecular weight excluding hydrogens is 366 g/mol. The Labute approximate surface area is 172 Å². The summed E-state index contributed by atoms with van der Waals surface area (Å²) >= 11 is 1.67. The van der Waals surface area contributed by atoms with Crippen LogP contribution in [-0.2, 0) is 17.8 Å². The van der Waals surface area contributed by atoms with Gasteiger partial charge in [-0.3, -0.25) is 9.69 Å². The Kier molecular flexibility index (Phi) is 5.83. The molecule has 2 fully saturated rings. The van der Waals surface area contributed by atoms with Gasteiger partial charge in [-0.1, -0.05) is 29.8 Å². The molecule has 0 bridgehead atoms. The number of nitrogens with zero attached hydrogens (tertiary/aromatic N) is 3. The van der Waals surface area contributed by atoms with Crippen molar-refractivity contribution in [2.45, 2.75) is 52.5 Å². The Hall–Kier alpha value is -1.72. The molecule has 1 amide bonds. The molecule has 5 heteroatoms. The third kappa shape index (κ3) is 4.47. The molecule has 1 spiro atoms. The number of piperidine rings is 1. The van der Waals surface area contributed by atoms with E-state index in [1.54, 1.807) is 11.3 Å². The summed E-state index contributed by atoms with van der Waals surface area (Å²) in [4.78, 5) is 23.1. The summed E-state index contributed by atoms with van der Waals surface area (Å²) in [7, 11) is 0. The number of carbonyl (C=O) groups excluding carboxylic acids is 1. The zero-order chi connectivity index (χ0) is 19.6. The van der Waals surface area contributed by atoms with Crippen LogP contribution in [0.1, 0.15) is 47.4 Å². The Morgan fingerprint density at radius 2 is 2.11 bits per heavy atom. The molecule has 0 unspecified atom stereocenters. The molecule has 28 heavy (non-hydrogen) atoms. The smallest absolute Gasteiger partial charge is 0.222 e. The molecular formula is C23H31N3OS. The quantitative estimate of drug-likeness (QED) is 0.758. The van der Waals surface area contributed by atoms with E-state index in [1.165, 1.54) is 35.4 Å². The number of aromatic nitrogens is 1. The highest BCUT2D eigenvalue weighted by Gasteiger charge is 2.42. The van der Waals surface area contributed by atoms with Crippen LogP contribution >= 0.6 is 11.3 Å². The molecule has 1 atom stereocenters. The van der Waals surface area contributed by atoms with Gasteiger partial charge in [0.2, 0.25) is 5.91 Å². The maximum absolute atomic E-state index is 12.8. The van der Waals surface area contributed by atoms with Crippen molar-refractivity contribution in [2.75, 3.05) is 26.2 Å². The zero-order valence-electron chi connectivity index (χ0n) is 17.1. The van der Waals surface area contributed by atoms with E-state index >= 15 is 0 Å². The molecule has 1 aromatic heterocycles. The number of hydrogen-bond donors (Lipinski definition) is 0. The molecule has 2 aromatic rings. The van der Waals surface area contributed by atoms with E-state index in [9.17, 15) is 4.79 Å². The van der Waals surface area contributed by atoms with Crippen molar-refractivity contribution in [3.8, 4) is 0 Å². The lowest BCUT2D eigenvalue weighted by Crippen LogP contribution is -2.45. The molecule has 2 aliphatic heterocycles. The van der Waals surface area contributed by atoms with Crippen molar-refractivity contribution >= 4 is 17.2 Å². The van der Waals surface area contributed by atoms with Gasteiger partial charge >= 0.3 is 0 Å². The first kappa shape index (κ1) is 19.6. The molecule has 1 aromatic carbocycles. The number of aryl methyl sites for hydroxylation is 3. The van der Waals surface area contributed by atoms with Gasteiger partial charge in [-0.05, 0) is 51.6 Å². The summed E-state index contributed by atoms with van der Waals surface area (Å²) in [6, 6.07) is 8.86. The second kappa shape index (κ2) is 8.34. The van der Waals surface area contributed by atoms with Gasteiger partial charge in [-0.2, -0.15) is 0 Å². The van der Waals surface area contributed by atoms with Crippen LogP contribution in [0.3, 0.4) is 0 Å². The third-order valence-corrected chi connectivity index (χ3v) is 7.43. The second-order valence-corrected chi connectivity index (χ2v) is 9.67. The lowest BCUT2D eigenvalue weighted by Gasteiger charge is -2.40. The number of amides is 1. The predicted octanol–water partition coefficient (Wildman–Crippen LogP) is 4.21. The van der Waals surface area contributed by atoms with Gasteiger partial charge in [0.15, 0.2) is 0 Å². The predicted molar refractivity (Wildman–Crippen MR) is 114 cm³/mol. The molecule has 0 saturated carbocycles. The molecule has 4 nitrogen and oxygen atoms in total. The Bertz CT molecular complexity index is 833. The van der Waals surface area contributed by atoms with Crippen molar-refractivity contribution in [1.29, 1.82) is 0 Å². The van der Waals surface area contributed by atoms with Crippen LogP contribution in [0.15, 0.2) is 29.8 Å². The minimum absolute atomic E-state index is 0.304. The topological polar surface area (TPSA) is 36.4 Å². The largest absolute Gasteiger partial charge is 0.342 e. The average Bonchev–Trinajstić information content (AvgIpc) is 3.26. The minimum atomic E-state index is 0.304. The number of likely N-dealkylation sites (tertiary alicyclic amines) is 2. The highest BCUT2D eigenvalue weighted by Crippen LogP contribution is 2.39. The van der Waals surface area contributed by atoms with E-state index in [-0.39, 0.29) is 0 Å². The first-order valence-electron chi connectivity index (χ1n) is 10.5. The van der Waals surface area contributed by atoms with E-state index in [0.29, 0.717) is 17.7 Å². The van der Waals surface area contributed by atoms with Crippen LogP contribution in [0, 0.1) is 19.3 Å². The molecule has 4 rings (SSSR count). The third-order valence-electron chi connectivity index (χ3n) is 6.43. The zero-order valence-corrected chi connectivity index (χ0v) is 17.9. The van der Waals surface area contributed by atoms with Gasteiger partial charge in [0, 0.05) is 42.9 Å². The standard InChI is InChI=1S/C23H31N3OS/c1-18-5-3-6-20(13-18)14-25-11-4-9-23(15-25)10-12-26(16-23)22(27)8-7-21-19(2)24-17-28-21/h3,5-6,13,17H,4,7-12,14-16H2,1-2H3/t23-/m1/s1. The van der Waals surface area contributed by atoms with Gasteiger partial charge in [-0.15, -0.1) is 11.3 Å². The number of rotatable bonds is 5. The van der Waals surface area contributed by atoms with Crippen LogP contribution < -0.4 is 0 Å². The van der Waals surface area contributed by atoms with Crippen molar-refractivity contribution < 1.29 is 4.79 Å². The van der Waals surface area contributed by atoms with E-state index in [4.69, 9.17) is 0 Å². The number of carbonyl (C=O) groups is 1. The van der Waals surface area contributed by atoms with Crippen LogP contribution in [0.25, 0.3) is 0 Å². The van der Waals surface area contributed by atoms with Gasteiger partial charge in [0.25, 0.3) is 0 Å². The maximum atomic E-state index is 12.8. The van der Waals surface area contributed by atoms with Crippen LogP contribution in [0.5, 0.6) is 0 Å². The van der Waals surface area contributed by atoms with Crippen molar-refractivity contribution in [3.63, 3.8) is 0 Å². The summed E-state index contributed by atoms with van der Waals surface area (Å²) in [5.74, 6) is 0.320. The van der Waals surface area contributed by atoms with Gasteiger partial charge in [-0.25, -0.2) is 4.98 Å². The molecule has 0 N–H and O–H groups in total. The van der Waals surface area contributed by atoms with Crippen molar-refractivity contribution in [1.82, 2.24) is 14.8 Å². The summed E-state index contributed by atoms with van der Waals surface area (Å²) in [5.41, 5.74) is 6.00. The van der Waals surface area contributed by atoms with E-state index in [2.05, 4.69) is 46.0 Å². The molecule has 3 heterocycles. The first-order chi connectivity index (χ1) is 13.5. The Morgan fingerprint density at radius 1 is 1.21 bits per heavy atom. The van der Waals surface area contributed by atoms with Crippen LogP contribution in [-0.4, -0.2) is 46.9 Å². The summed E-state index contributed by atoms with van der Waals surface area (Å²) < 4.78 is 0. The molecule has 150 valence electrons. The van der Waals surface area contributed by atoms with Crippen LogP contribution in [0.2, 0.25) is 0 Å². The summed E-state index contributed by atoms with van der Waals surface area (Å²) in [5, 5.41) is 0. The van der Waals surface area contributed by atoms with E-state index in [1.807, 2.05) is 12.4 Å². The van der Waals surface area contributed by atoms with Crippen LogP contribution in [0.4, 0.5) is 0 Å². The molecule has 2 saturated heterocycles.